The Morgan fingerprint density at radius 3 is 2.21 bits per heavy atom. The number of Topliss-reactive ketones (excluding diaryl/α,β-unsaturated/α-hetero) is 1. The van der Waals surface area contributed by atoms with E-state index in [9.17, 15) is 9.59 Å². The van der Waals surface area contributed by atoms with Crippen LogP contribution in [0.15, 0.2) is 24.3 Å². The van der Waals surface area contributed by atoms with Crippen molar-refractivity contribution in [2.45, 2.75) is 6.92 Å². The molecule has 1 aromatic rings. The Morgan fingerprint density at radius 1 is 1.21 bits per heavy atom. The molecule has 14 heavy (non-hydrogen) atoms. The monoisotopic (exact) mass is 193 g/mol. The molecule has 0 fully saturated rings. The molecule has 0 atom stereocenters. The van der Waals surface area contributed by atoms with Gasteiger partial charge in [-0.1, -0.05) is 0 Å². The minimum absolute atomic E-state index is 0.00498. The van der Waals surface area contributed by atoms with Crippen molar-refractivity contribution in [2.24, 2.45) is 0 Å². The molecule has 0 unspecified atom stereocenters. The van der Waals surface area contributed by atoms with Gasteiger partial charge in [-0.15, -0.1) is 0 Å². The van der Waals surface area contributed by atoms with Gasteiger partial charge in [0.25, 0.3) is 0 Å². The summed E-state index contributed by atoms with van der Waals surface area (Å²) in [5, 5.41) is 2.49. The van der Waals surface area contributed by atoms with Crippen molar-refractivity contribution in [1.29, 1.82) is 0 Å². The summed E-state index contributed by atoms with van der Waals surface area (Å²) in [6.07, 6.45) is -0.527. The first kappa shape index (κ1) is 10.2. The minimum atomic E-state index is -0.527. The Kier molecular flexibility index (Phi) is 3.23. The Hall–Kier alpha value is -1.84. The standard InChI is InChI=1S/C10H11NO3/c1-7(12)8-3-5-9(6-4-8)11-10(13)14-2/h3-6H,1-2H3,(H,11,13). The predicted molar refractivity (Wildman–Crippen MR) is 52.5 cm³/mol. The van der Waals surface area contributed by atoms with Crippen LogP contribution in [0.4, 0.5) is 10.5 Å². The number of nitrogens with one attached hydrogen (secondary N) is 1. The van der Waals surface area contributed by atoms with Crippen molar-refractivity contribution in [3.8, 4) is 0 Å². The zero-order chi connectivity index (χ0) is 10.6. The van der Waals surface area contributed by atoms with Crippen molar-refractivity contribution in [2.75, 3.05) is 12.4 Å². The number of methoxy groups -OCH3 is 1. The molecular weight excluding hydrogens is 182 g/mol. The third kappa shape index (κ3) is 2.58. The summed E-state index contributed by atoms with van der Waals surface area (Å²) in [5.41, 5.74) is 1.21. The van der Waals surface area contributed by atoms with E-state index < -0.39 is 6.09 Å². The van der Waals surface area contributed by atoms with E-state index in [-0.39, 0.29) is 5.78 Å². The SMILES string of the molecule is COC(=O)Nc1ccc(C(C)=O)cc1. The van der Waals surface area contributed by atoms with E-state index in [4.69, 9.17) is 0 Å². The number of carbonyl (C=O) groups excluding carboxylic acids is 2. The number of benzene rings is 1. The second-order valence-electron chi connectivity index (χ2n) is 2.75. The van der Waals surface area contributed by atoms with E-state index >= 15 is 0 Å². The predicted octanol–water partition coefficient (Wildman–Crippen LogP) is 2.07. The summed E-state index contributed by atoms with van der Waals surface area (Å²) in [7, 11) is 1.29. The quantitative estimate of drug-likeness (QED) is 0.731. The van der Waals surface area contributed by atoms with Crippen molar-refractivity contribution in [3.63, 3.8) is 0 Å². The lowest BCUT2D eigenvalue weighted by atomic mass is 10.1. The maximum atomic E-state index is 10.9. The van der Waals surface area contributed by atoms with Gasteiger partial charge in [0.2, 0.25) is 0 Å². The van der Waals surface area contributed by atoms with E-state index in [2.05, 4.69) is 10.1 Å². The van der Waals surface area contributed by atoms with Crippen LogP contribution in [-0.2, 0) is 4.74 Å². The minimum Gasteiger partial charge on any atom is -0.453 e. The zero-order valence-electron chi connectivity index (χ0n) is 8.03. The molecule has 1 amide bonds. The van der Waals surface area contributed by atoms with Crippen molar-refractivity contribution in [3.05, 3.63) is 29.8 Å². The van der Waals surface area contributed by atoms with Crippen molar-refractivity contribution >= 4 is 17.6 Å². The molecule has 4 heteroatoms. The number of carbonyl (C=O) groups is 2. The summed E-state index contributed by atoms with van der Waals surface area (Å²) < 4.78 is 4.41. The van der Waals surface area contributed by atoms with Gasteiger partial charge in [0, 0.05) is 11.3 Å². The topological polar surface area (TPSA) is 55.4 Å². The van der Waals surface area contributed by atoms with Gasteiger partial charge in [-0.25, -0.2) is 4.79 Å². The molecule has 0 saturated heterocycles. The first-order valence-corrected chi connectivity index (χ1v) is 4.09. The molecule has 0 radical (unpaired) electrons. The number of ether oxygens (including phenoxy) is 1. The third-order valence-corrected chi connectivity index (χ3v) is 1.72. The zero-order valence-corrected chi connectivity index (χ0v) is 8.03. The number of hydrogen-bond donors (Lipinski definition) is 1. The Balaban J connectivity index is 2.73. The van der Waals surface area contributed by atoms with Crippen LogP contribution in [0.2, 0.25) is 0 Å². The summed E-state index contributed by atoms with van der Waals surface area (Å²) in [5.74, 6) is -0.00498. The van der Waals surface area contributed by atoms with Gasteiger partial charge >= 0.3 is 6.09 Å². The van der Waals surface area contributed by atoms with Gasteiger partial charge in [-0.2, -0.15) is 0 Å². The van der Waals surface area contributed by atoms with Crippen LogP contribution < -0.4 is 5.32 Å². The van der Waals surface area contributed by atoms with Crippen molar-refractivity contribution < 1.29 is 14.3 Å². The highest BCUT2D eigenvalue weighted by Gasteiger charge is 2.01. The number of ketones is 1. The normalized spacial score (nSPS) is 9.29. The lowest BCUT2D eigenvalue weighted by Crippen LogP contribution is -2.10. The van der Waals surface area contributed by atoms with Crippen LogP contribution in [-0.4, -0.2) is 19.0 Å². The molecule has 74 valence electrons. The van der Waals surface area contributed by atoms with Crippen LogP contribution in [0.25, 0.3) is 0 Å². The molecule has 0 aliphatic carbocycles. The van der Waals surface area contributed by atoms with Gasteiger partial charge in [-0.05, 0) is 31.2 Å². The van der Waals surface area contributed by atoms with E-state index in [0.29, 0.717) is 11.3 Å². The molecule has 0 heterocycles. The molecule has 1 rings (SSSR count). The van der Waals surface area contributed by atoms with E-state index in [1.165, 1.54) is 14.0 Å². The third-order valence-electron chi connectivity index (χ3n) is 1.72. The molecule has 4 nitrogen and oxygen atoms in total. The summed E-state index contributed by atoms with van der Waals surface area (Å²) in [4.78, 5) is 21.7. The molecule has 1 aromatic carbocycles. The fourth-order valence-corrected chi connectivity index (χ4v) is 0.957. The second-order valence-corrected chi connectivity index (χ2v) is 2.75. The number of amides is 1. The molecule has 0 aliphatic rings. The highest BCUT2D eigenvalue weighted by atomic mass is 16.5. The lowest BCUT2D eigenvalue weighted by molar-refractivity contribution is 0.101. The molecule has 0 saturated carbocycles. The fourth-order valence-electron chi connectivity index (χ4n) is 0.957. The van der Waals surface area contributed by atoms with E-state index in [1.54, 1.807) is 24.3 Å². The Bertz CT molecular complexity index is 343. The van der Waals surface area contributed by atoms with Crippen LogP contribution in [0, 0.1) is 0 Å². The average molecular weight is 193 g/mol. The van der Waals surface area contributed by atoms with Gasteiger partial charge in [-0.3, -0.25) is 10.1 Å². The first-order valence-electron chi connectivity index (χ1n) is 4.09. The number of rotatable bonds is 2. The Labute approximate surface area is 81.9 Å². The van der Waals surface area contributed by atoms with E-state index in [0.717, 1.165) is 0 Å². The maximum absolute atomic E-state index is 10.9. The first-order chi connectivity index (χ1) is 6.63. The highest BCUT2D eigenvalue weighted by Crippen LogP contribution is 2.09. The molecular formula is C10H11NO3. The van der Waals surface area contributed by atoms with Crippen LogP contribution in [0.1, 0.15) is 17.3 Å². The molecule has 1 N–H and O–H groups in total. The smallest absolute Gasteiger partial charge is 0.411 e. The van der Waals surface area contributed by atoms with Crippen LogP contribution >= 0.6 is 0 Å². The summed E-state index contributed by atoms with van der Waals surface area (Å²) >= 11 is 0. The van der Waals surface area contributed by atoms with Gasteiger partial charge < -0.3 is 4.74 Å². The molecule has 0 spiro atoms. The Morgan fingerprint density at radius 2 is 1.79 bits per heavy atom. The molecule has 0 aliphatic heterocycles. The van der Waals surface area contributed by atoms with Crippen molar-refractivity contribution in [1.82, 2.24) is 0 Å². The lowest BCUT2D eigenvalue weighted by Gasteiger charge is -2.03. The summed E-state index contributed by atoms with van der Waals surface area (Å²) in [6.45, 7) is 1.49. The van der Waals surface area contributed by atoms with Gasteiger partial charge in [0.15, 0.2) is 5.78 Å². The highest BCUT2D eigenvalue weighted by molar-refractivity contribution is 5.94. The second kappa shape index (κ2) is 4.41. The van der Waals surface area contributed by atoms with E-state index in [1.807, 2.05) is 0 Å². The van der Waals surface area contributed by atoms with Crippen LogP contribution in [0.3, 0.4) is 0 Å². The fraction of sp³-hybridized carbons (Fsp3) is 0.200. The maximum Gasteiger partial charge on any atom is 0.411 e. The molecule has 0 aromatic heterocycles. The number of hydrogen-bond acceptors (Lipinski definition) is 3. The van der Waals surface area contributed by atoms with Gasteiger partial charge in [0.05, 0.1) is 7.11 Å². The average Bonchev–Trinajstić information content (AvgIpc) is 2.18. The largest absolute Gasteiger partial charge is 0.453 e. The number of anilines is 1. The molecule has 0 bridgehead atoms. The van der Waals surface area contributed by atoms with Crippen LogP contribution in [0.5, 0.6) is 0 Å². The van der Waals surface area contributed by atoms with Gasteiger partial charge in [0.1, 0.15) is 0 Å². The summed E-state index contributed by atoms with van der Waals surface area (Å²) in [6, 6.07) is 6.59.